The van der Waals surface area contributed by atoms with Gasteiger partial charge in [0.25, 0.3) is 0 Å². The van der Waals surface area contributed by atoms with Crippen molar-refractivity contribution >= 4 is 17.9 Å². The number of hydrogen-bond donors (Lipinski definition) is 2. The van der Waals surface area contributed by atoms with Gasteiger partial charge in [-0.1, -0.05) is 0 Å². The highest BCUT2D eigenvalue weighted by atomic mass is 16.6. The standard InChI is InChI=1S/C15H22N6O2/c1-15(2,3)23-14(22)21-6-4-11(5-7-21)19-13-18-9-10(8-16)12(17)20-13/h9,11H,4-7H2,1-3H3,(H3,17,18,19,20). The number of nitrogen functional groups attached to an aromatic ring is 1. The molecule has 8 nitrogen and oxygen atoms in total. The third-order valence-corrected chi connectivity index (χ3v) is 3.42. The largest absolute Gasteiger partial charge is 0.444 e. The van der Waals surface area contributed by atoms with Crippen LogP contribution in [0.1, 0.15) is 39.2 Å². The maximum Gasteiger partial charge on any atom is 0.410 e. The van der Waals surface area contributed by atoms with Crippen molar-refractivity contribution in [1.82, 2.24) is 14.9 Å². The monoisotopic (exact) mass is 318 g/mol. The second kappa shape index (κ2) is 6.69. The fraction of sp³-hybridized carbons (Fsp3) is 0.600. The van der Waals surface area contributed by atoms with Crippen LogP contribution in [0, 0.1) is 11.3 Å². The van der Waals surface area contributed by atoms with Gasteiger partial charge in [-0.05, 0) is 33.6 Å². The maximum atomic E-state index is 12.0. The van der Waals surface area contributed by atoms with E-state index in [1.807, 2.05) is 26.8 Å². The van der Waals surface area contributed by atoms with E-state index in [-0.39, 0.29) is 23.5 Å². The summed E-state index contributed by atoms with van der Waals surface area (Å²) in [6.07, 6.45) is 2.65. The highest BCUT2D eigenvalue weighted by molar-refractivity contribution is 5.68. The Balaban J connectivity index is 1.86. The van der Waals surface area contributed by atoms with Crippen LogP contribution < -0.4 is 11.1 Å². The van der Waals surface area contributed by atoms with Crippen LogP contribution >= 0.6 is 0 Å². The molecule has 8 heteroatoms. The summed E-state index contributed by atoms with van der Waals surface area (Å²) in [6.45, 7) is 6.78. The lowest BCUT2D eigenvalue weighted by Crippen LogP contribution is -2.44. The summed E-state index contributed by atoms with van der Waals surface area (Å²) >= 11 is 0. The van der Waals surface area contributed by atoms with Crippen molar-refractivity contribution in [3.8, 4) is 6.07 Å². The summed E-state index contributed by atoms with van der Waals surface area (Å²) < 4.78 is 5.37. The van der Waals surface area contributed by atoms with Crippen LogP contribution in [-0.2, 0) is 4.74 Å². The molecule has 23 heavy (non-hydrogen) atoms. The summed E-state index contributed by atoms with van der Waals surface area (Å²) in [5.74, 6) is 0.563. The predicted octanol–water partition coefficient (Wildman–Crippen LogP) is 1.74. The average Bonchev–Trinajstić information content (AvgIpc) is 2.46. The molecule has 1 aromatic rings. The van der Waals surface area contributed by atoms with Gasteiger partial charge in [-0.2, -0.15) is 10.2 Å². The molecule has 0 saturated carbocycles. The highest BCUT2D eigenvalue weighted by Crippen LogP contribution is 2.18. The van der Waals surface area contributed by atoms with Crippen LogP contribution in [-0.4, -0.2) is 45.7 Å². The summed E-state index contributed by atoms with van der Waals surface area (Å²) in [5.41, 5.74) is 5.45. The molecule has 0 radical (unpaired) electrons. The lowest BCUT2D eigenvalue weighted by Gasteiger charge is -2.33. The molecule has 2 rings (SSSR count). The van der Waals surface area contributed by atoms with Gasteiger partial charge in [0.1, 0.15) is 23.1 Å². The molecule has 0 bridgehead atoms. The minimum Gasteiger partial charge on any atom is -0.444 e. The Morgan fingerprint density at radius 2 is 2.13 bits per heavy atom. The van der Waals surface area contributed by atoms with E-state index >= 15 is 0 Å². The van der Waals surface area contributed by atoms with E-state index in [0.717, 1.165) is 12.8 Å². The van der Waals surface area contributed by atoms with E-state index in [1.54, 1.807) is 4.90 Å². The van der Waals surface area contributed by atoms with Gasteiger partial charge >= 0.3 is 6.09 Å². The normalized spacial score (nSPS) is 15.8. The predicted molar refractivity (Wildman–Crippen MR) is 85.6 cm³/mol. The van der Waals surface area contributed by atoms with E-state index in [1.165, 1.54) is 6.20 Å². The molecule has 0 atom stereocenters. The number of likely N-dealkylation sites (tertiary alicyclic amines) is 1. The molecule has 124 valence electrons. The number of carbonyl (C=O) groups is 1. The number of anilines is 2. The Labute approximate surface area is 135 Å². The number of piperidine rings is 1. The third kappa shape index (κ3) is 4.71. The Kier molecular flexibility index (Phi) is 4.89. The van der Waals surface area contributed by atoms with E-state index in [0.29, 0.717) is 19.0 Å². The van der Waals surface area contributed by atoms with Crippen LogP contribution in [0.15, 0.2) is 6.20 Å². The Hall–Kier alpha value is -2.56. The topological polar surface area (TPSA) is 117 Å². The van der Waals surface area contributed by atoms with Gasteiger partial charge in [0.15, 0.2) is 0 Å². The molecule has 1 saturated heterocycles. The summed E-state index contributed by atoms with van der Waals surface area (Å²) in [6, 6.07) is 2.08. The summed E-state index contributed by atoms with van der Waals surface area (Å²) in [7, 11) is 0. The molecule has 1 amide bonds. The fourth-order valence-electron chi connectivity index (χ4n) is 2.27. The van der Waals surface area contributed by atoms with Crippen LogP contribution in [0.3, 0.4) is 0 Å². The van der Waals surface area contributed by atoms with Crippen molar-refractivity contribution in [3.05, 3.63) is 11.8 Å². The molecule has 0 spiro atoms. The van der Waals surface area contributed by atoms with Crippen LogP contribution in [0.4, 0.5) is 16.6 Å². The van der Waals surface area contributed by atoms with Crippen molar-refractivity contribution < 1.29 is 9.53 Å². The second-order valence-corrected chi connectivity index (χ2v) is 6.49. The van der Waals surface area contributed by atoms with Gasteiger partial charge in [-0.15, -0.1) is 0 Å². The molecule has 1 fully saturated rings. The fourth-order valence-corrected chi connectivity index (χ4v) is 2.27. The number of nitrogens with two attached hydrogens (primary N) is 1. The van der Waals surface area contributed by atoms with Gasteiger partial charge in [0.2, 0.25) is 5.95 Å². The van der Waals surface area contributed by atoms with Crippen molar-refractivity contribution in [2.75, 3.05) is 24.1 Å². The molecule has 0 aromatic carbocycles. The number of ether oxygens (including phenoxy) is 1. The lowest BCUT2D eigenvalue weighted by molar-refractivity contribution is 0.0210. The molecule has 1 aliphatic heterocycles. The van der Waals surface area contributed by atoms with Crippen LogP contribution in [0.25, 0.3) is 0 Å². The third-order valence-electron chi connectivity index (χ3n) is 3.42. The van der Waals surface area contributed by atoms with Crippen LogP contribution in [0.2, 0.25) is 0 Å². The van der Waals surface area contributed by atoms with Gasteiger partial charge in [-0.25, -0.2) is 9.78 Å². The van der Waals surface area contributed by atoms with Crippen molar-refractivity contribution in [1.29, 1.82) is 5.26 Å². The molecule has 1 aliphatic rings. The minimum absolute atomic E-state index is 0.154. The Bertz CT molecular complexity index is 611. The minimum atomic E-state index is -0.486. The second-order valence-electron chi connectivity index (χ2n) is 6.49. The number of aromatic nitrogens is 2. The van der Waals surface area contributed by atoms with Gasteiger partial charge < -0.3 is 20.7 Å². The first-order valence-electron chi connectivity index (χ1n) is 7.55. The van der Waals surface area contributed by atoms with Crippen LogP contribution in [0.5, 0.6) is 0 Å². The van der Waals surface area contributed by atoms with E-state index in [2.05, 4.69) is 15.3 Å². The van der Waals surface area contributed by atoms with Gasteiger partial charge in [0.05, 0.1) is 6.20 Å². The van der Waals surface area contributed by atoms with Gasteiger partial charge in [-0.3, -0.25) is 0 Å². The number of rotatable bonds is 2. The highest BCUT2D eigenvalue weighted by Gasteiger charge is 2.27. The van der Waals surface area contributed by atoms with Crippen molar-refractivity contribution in [3.63, 3.8) is 0 Å². The van der Waals surface area contributed by atoms with E-state index < -0.39 is 5.60 Å². The number of nitrogens with zero attached hydrogens (tertiary/aromatic N) is 4. The molecule has 0 aliphatic carbocycles. The number of carbonyl (C=O) groups excluding carboxylic acids is 1. The van der Waals surface area contributed by atoms with Gasteiger partial charge in [0, 0.05) is 19.1 Å². The number of nitriles is 1. The average molecular weight is 318 g/mol. The summed E-state index contributed by atoms with van der Waals surface area (Å²) in [4.78, 5) is 21.9. The zero-order chi connectivity index (χ0) is 17.0. The molecule has 3 N–H and O–H groups in total. The number of amides is 1. The zero-order valence-electron chi connectivity index (χ0n) is 13.7. The smallest absolute Gasteiger partial charge is 0.410 e. The lowest BCUT2D eigenvalue weighted by atomic mass is 10.1. The summed E-state index contributed by atoms with van der Waals surface area (Å²) in [5, 5.41) is 12.0. The van der Waals surface area contributed by atoms with Crippen molar-refractivity contribution in [2.45, 2.75) is 45.3 Å². The Morgan fingerprint density at radius 3 is 2.65 bits per heavy atom. The number of nitrogens with one attached hydrogen (secondary N) is 1. The van der Waals surface area contributed by atoms with E-state index in [9.17, 15) is 4.79 Å². The number of hydrogen-bond acceptors (Lipinski definition) is 7. The first kappa shape index (κ1) is 16.8. The molecule has 2 heterocycles. The zero-order valence-corrected chi connectivity index (χ0v) is 13.7. The van der Waals surface area contributed by atoms with E-state index in [4.69, 9.17) is 15.7 Å². The first-order chi connectivity index (χ1) is 10.8. The molecule has 1 aromatic heterocycles. The van der Waals surface area contributed by atoms with Crippen molar-refractivity contribution in [2.24, 2.45) is 0 Å². The first-order valence-corrected chi connectivity index (χ1v) is 7.55. The molecular formula is C15H22N6O2. The Morgan fingerprint density at radius 1 is 1.48 bits per heavy atom. The SMILES string of the molecule is CC(C)(C)OC(=O)N1CCC(Nc2ncc(C#N)c(N)n2)CC1. The quantitative estimate of drug-likeness (QED) is 0.852. The molecule has 0 unspecified atom stereocenters. The molecular weight excluding hydrogens is 296 g/mol. The maximum absolute atomic E-state index is 12.0.